The summed E-state index contributed by atoms with van der Waals surface area (Å²) in [6.45, 7) is 0. The summed E-state index contributed by atoms with van der Waals surface area (Å²) in [7, 11) is 0. The number of hydrogen-bond acceptors (Lipinski definition) is 3. The molecule has 1 heterocycles. The maximum atomic E-state index is 13.3. The van der Waals surface area contributed by atoms with Gasteiger partial charge in [-0.25, -0.2) is 9.49 Å². The van der Waals surface area contributed by atoms with Gasteiger partial charge in [0.2, 0.25) is 0 Å². The van der Waals surface area contributed by atoms with E-state index < -0.39 is 17.6 Å². The minimum Gasteiger partial charge on any atom is -0.247 e. The van der Waals surface area contributed by atoms with Crippen LogP contribution in [0.4, 0.5) is 17.6 Å². The molecule has 0 saturated heterocycles. The van der Waals surface area contributed by atoms with Crippen molar-refractivity contribution in [2.24, 2.45) is 0 Å². The van der Waals surface area contributed by atoms with E-state index in [9.17, 15) is 17.6 Å². The highest BCUT2D eigenvalue weighted by molar-refractivity contribution is 5.71. The third-order valence-corrected chi connectivity index (χ3v) is 3.42. The van der Waals surface area contributed by atoms with Crippen molar-refractivity contribution in [3.05, 3.63) is 59.5 Å². The molecule has 1 aromatic heterocycles. The lowest BCUT2D eigenvalue weighted by Crippen LogP contribution is -2.08. The molecule has 0 spiro atoms. The van der Waals surface area contributed by atoms with E-state index in [2.05, 4.69) is 15.4 Å². The van der Waals surface area contributed by atoms with Gasteiger partial charge in [-0.15, -0.1) is 5.10 Å². The Kier molecular flexibility index (Phi) is 3.77. The lowest BCUT2D eigenvalue weighted by molar-refractivity contribution is -0.139. The van der Waals surface area contributed by atoms with Crippen LogP contribution in [0, 0.1) is 17.1 Å². The standard InChI is InChI=1S/C16H8F4N4/c17-13-6-5-11(7-12(13)16(18,19)20)9-1-3-10(4-2-9)15-14(8-21)22-24-23-15/h1-7H,(H,22,23,24). The molecule has 2 aromatic carbocycles. The molecule has 0 amide bonds. The van der Waals surface area contributed by atoms with Gasteiger partial charge in [0.15, 0.2) is 5.69 Å². The van der Waals surface area contributed by atoms with Crippen LogP contribution in [0.2, 0.25) is 0 Å². The van der Waals surface area contributed by atoms with Crippen LogP contribution in [0.1, 0.15) is 11.3 Å². The second-order valence-corrected chi connectivity index (χ2v) is 4.92. The van der Waals surface area contributed by atoms with E-state index >= 15 is 0 Å². The lowest BCUT2D eigenvalue weighted by Gasteiger charge is -2.10. The molecule has 24 heavy (non-hydrogen) atoms. The number of nitriles is 1. The third kappa shape index (κ3) is 2.84. The van der Waals surface area contributed by atoms with E-state index in [1.165, 1.54) is 6.07 Å². The van der Waals surface area contributed by atoms with Crippen LogP contribution in [-0.2, 0) is 6.18 Å². The number of halogens is 4. The molecule has 0 fully saturated rings. The quantitative estimate of drug-likeness (QED) is 0.716. The smallest absolute Gasteiger partial charge is 0.247 e. The normalized spacial score (nSPS) is 11.3. The molecular weight excluding hydrogens is 324 g/mol. The Morgan fingerprint density at radius 2 is 1.58 bits per heavy atom. The van der Waals surface area contributed by atoms with Crippen LogP contribution in [0.3, 0.4) is 0 Å². The Balaban J connectivity index is 1.99. The van der Waals surface area contributed by atoms with Gasteiger partial charge in [0.05, 0.1) is 5.56 Å². The van der Waals surface area contributed by atoms with E-state index in [4.69, 9.17) is 5.26 Å². The van der Waals surface area contributed by atoms with Crippen LogP contribution in [-0.4, -0.2) is 15.4 Å². The molecule has 0 saturated carbocycles. The summed E-state index contributed by atoms with van der Waals surface area (Å²) >= 11 is 0. The highest BCUT2D eigenvalue weighted by Crippen LogP contribution is 2.34. The summed E-state index contributed by atoms with van der Waals surface area (Å²) in [6, 6.07) is 11.1. The van der Waals surface area contributed by atoms with Gasteiger partial charge in [-0.3, -0.25) is 0 Å². The summed E-state index contributed by atoms with van der Waals surface area (Å²) in [5.41, 5.74) is 0.514. The Bertz CT molecular complexity index is 920. The van der Waals surface area contributed by atoms with Crippen molar-refractivity contribution in [2.75, 3.05) is 0 Å². The predicted molar refractivity (Wildman–Crippen MR) is 76.9 cm³/mol. The Morgan fingerprint density at radius 1 is 0.958 bits per heavy atom. The van der Waals surface area contributed by atoms with Crippen LogP contribution >= 0.6 is 0 Å². The highest BCUT2D eigenvalue weighted by atomic mass is 19.4. The average molecular weight is 332 g/mol. The van der Waals surface area contributed by atoms with Crippen molar-refractivity contribution >= 4 is 0 Å². The second-order valence-electron chi connectivity index (χ2n) is 4.92. The molecule has 0 radical (unpaired) electrons. The molecule has 8 heteroatoms. The van der Waals surface area contributed by atoms with Gasteiger partial charge in [0.1, 0.15) is 17.6 Å². The highest BCUT2D eigenvalue weighted by Gasteiger charge is 2.34. The summed E-state index contributed by atoms with van der Waals surface area (Å²) in [5.74, 6) is -1.32. The Labute approximate surface area is 133 Å². The molecule has 3 rings (SSSR count). The van der Waals surface area contributed by atoms with E-state index in [1.807, 2.05) is 6.07 Å². The van der Waals surface area contributed by atoms with Crippen molar-refractivity contribution in [3.8, 4) is 28.5 Å². The van der Waals surface area contributed by atoms with E-state index in [0.717, 1.165) is 12.1 Å². The van der Waals surface area contributed by atoms with Crippen molar-refractivity contribution in [3.63, 3.8) is 0 Å². The Morgan fingerprint density at radius 3 is 2.21 bits per heavy atom. The molecule has 0 unspecified atom stereocenters. The lowest BCUT2D eigenvalue weighted by atomic mass is 10.00. The fourth-order valence-corrected chi connectivity index (χ4v) is 2.25. The first kappa shape index (κ1) is 15.7. The third-order valence-electron chi connectivity index (χ3n) is 3.42. The average Bonchev–Trinajstić information content (AvgIpc) is 3.03. The van der Waals surface area contributed by atoms with Gasteiger partial charge in [-0.2, -0.15) is 18.4 Å². The minimum absolute atomic E-state index is 0.184. The molecule has 0 bridgehead atoms. The summed E-state index contributed by atoms with van der Waals surface area (Å²) < 4.78 is 51.7. The molecule has 0 aliphatic carbocycles. The van der Waals surface area contributed by atoms with Crippen molar-refractivity contribution < 1.29 is 17.6 Å². The molecule has 120 valence electrons. The SMILES string of the molecule is N#Cc1[nH]nnc1-c1ccc(-c2ccc(F)c(C(F)(F)F)c2)cc1. The number of hydrogen-bond donors (Lipinski definition) is 1. The summed E-state index contributed by atoms with van der Waals surface area (Å²) in [6.07, 6.45) is -4.76. The Hall–Kier alpha value is -3.21. The van der Waals surface area contributed by atoms with Crippen LogP contribution < -0.4 is 0 Å². The van der Waals surface area contributed by atoms with Gasteiger partial charge in [0.25, 0.3) is 0 Å². The van der Waals surface area contributed by atoms with Gasteiger partial charge >= 0.3 is 6.18 Å². The molecule has 1 N–H and O–H groups in total. The molecule has 0 atom stereocenters. The molecular formula is C16H8F4N4. The first-order valence-electron chi connectivity index (χ1n) is 6.69. The van der Waals surface area contributed by atoms with Crippen LogP contribution in [0.25, 0.3) is 22.4 Å². The van der Waals surface area contributed by atoms with Crippen molar-refractivity contribution in [1.82, 2.24) is 15.4 Å². The van der Waals surface area contributed by atoms with Gasteiger partial charge in [-0.1, -0.05) is 35.5 Å². The number of aromatic nitrogens is 3. The van der Waals surface area contributed by atoms with E-state index in [-0.39, 0.29) is 11.3 Å². The fraction of sp³-hybridized carbons (Fsp3) is 0.0625. The zero-order chi connectivity index (χ0) is 17.3. The number of nitrogens with one attached hydrogen (secondary N) is 1. The summed E-state index contributed by atoms with van der Waals surface area (Å²) in [5, 5.41) is 18.7. The van der Waals surface area contributed by atoms with Crippen molar-refractivity contribution in [2.45, 2.75) is 6.18 Å². The van der Waals surface area contributed by atoms with Crippen molar-refractivity contribution in [1.29, 1.82) is 5.26 Å². The molecule has 3 aromatic rings. The number of aromatic amines is 1. The topological polar surface area (TPSA) is 65.4 Å². The fourth-order valence-electron chi connectivity index (χ4n) is 2.25. The van der Waals surface area contributed by atoms with Crippen LogP contribution in [0.5, 0.6) is 0 Å². The maximum absolute atomic E-state index is 13.3. The van der Waals surface area contributed by atoms with E-state index in [0.29, 0.717) is 16.8 Å². The second kappa shape index (κ2) is 5.77. The van der Waals surface area contributed by atoms with Gasteiger partial charge in [0, 0.05) is 5.56 Å². The number of alkyl halides is 3. The number of rotatable bonds is 2. The summed E-state index contributed by atoms with van der Waals surface area (Å²) in [4.78, 5) is 0. The van der Waals surface area contributed by atoms with E-state index in [1.54, 1.807) is 24.3 Å². The monoisotopic (exact) mass is 332 g/mol. The molecule has 0 aliphatic rings. The largest absolute Gasteiger partial charge is 0.419 e. The molecule has 0 aliphatic heterocycles. The first-order valence-corrected chi connectivity index (χ1v) is 6.69. The number of nitrogens with zero attached hydrogens (tertiary/aromatic N) is 3. The zero-order valence-corrected chi connectivity index (χ0v) is 11.9. The number of benzene rings is 2. The van der Waals surface area contributed by atoms with Gasteiger partial charge < -0.3 is 0 Å². The number of H-pyrrole nitrogens is 1. The maximum Gasteiger partial charge on any atom is 0.419 e. The first-order chi connectivity index (χ1) is 11.4. The zero-order valence-electron chi connectivity index (χ0n) is 11.9. The predicted octanol–water partition coefficient (Wildman–Crippen LogP) is 4.17. The van der Waals surface area contributed by atoms with Gasteiger partial charge in [-0.05, 0) is 23.3 Å². The van der Waals surface area contributed by atoms with Crippen LogP contribution in [0.15, 0.2) is 42.5 Å². The minimum atomic E-state index is -4.76. The molecule has 4 nitrogen and oxygen atoms in total.